The van der Waals surface area contributed by atoms with Gasteiger partial charge in [-0.05, 0) is 63.0 Å². The highest BCUT2D eigenvalue weighted by Gasteiger charge is 2.45. The Labute approximate surface area is 195 Å². The van der Waals surface area contributed by atoms with Gasteiger partial charge in [-0.2, -0.15) is 0 Å². The molecule has 2 aromatic carbocycles. The Balaban J connectivity index is 2.10. The van der Waals surface area contributed by atoms with Gasteiger partial charge in [0, 0.05) is 16.6 Å². The molecule has 6 nitrogen and oxygen atoms in total. The van der Waals surface area contributed by atoms with Gasteiger partial charge in [0.25, 0.3) is 11.7 Å². The summed E-state index contributed by atoms with van der Waals surface area (Å²) in [6, 6.07) is 11.4. The van der Waals surface area contributed by atoms with Crippen molar-refractivity contribution in [2.24, 2.45) is 0 Å². The van der Waals surface area contributed by atoms with Crippen molar-refractivity contribution in [3.05, 3.63) is 68.7 Å². The molecule has 1 heterocycles. The Hall–Kier alpha value is -2.35. The molecule has 8 heteroatoms. The van der Waals surface area contributed by atoms with Crippen molar-refractivity contribution < 1.29 is 19.4 Å². The lowest BCUT2D eigenvalue weighted by Crippen LogP contribution is -2.32. The van der Waals surface area contributed by atoms with Crippen LogP contribution in [0, 0.1) is 0 Å². The Kier molecular flexibility index (Phi) is 7.41. The number of Topliss-reactive ketones (excluding diaryl/α,β-unsaturated/α-hetero) is 1. The second-order valence-electron chi connectivity index (χ2n) is 7.55. The SMILES string of the molecule is COc1ccc(/C(O)=C2\C(=O)C(=O)N(CCCN(C)C)C2c2ccc(Br)cc2)cc1Cl. The maximum atomic E-state index is 13.0. The minimum Gasteiger partial charge on any atom is -0.507 e. The van der Waals surface area contributed by atoms with Crippen LogP contribution >= 0.6 is 27.5 Å². The van der Waals surface area contributed by atoms with Crippen molar-refractivity contribution in [2.75, 3.05) is 34.3 Å². The molecule has 0 bridgehead atoms. The topological polar surface area (TPSA) is 70.1 Å². The third kappa shape index (κ3) is 4.95. The molecule has 1 fully saturated rings. The van der Waals surface area contributed by atoms with Gasteiger partial charge in [0.05, 0.1) is 23.7 Å². The van der Waals surface area contributed by atoms with E-state index in [-0.39, 0.29) is 11.3 Å². The van der Waals surface area contributed by atoms with Crippen LogP contribution in [0.15, 0.2) is 52.5 Å². The van der Waals surface area contributed by atoms with E-state index in [0.29, 0.717) is 29.3 Å². The fourth-order valence-corrected chi connectivity index (χ4v) is 4.15. The van der Waals surface area contributed by atoms with Crippen LogP contribution in [0.5, 0.6) is 5.75 Å². The lowest BCUT2D eigenvalue weighted by atomic mass is 9.95. The Bertz CT molecular complexity index is 1020. The van der Waals surface area contributed by atoms with Crippen LogP contribution in [0.4, 0.5) is 0 Å². The molecular weight excluding hydrogens is 484 g/mol. The van der Waals surface area contributed by atoms with E-state index in [9.17, 15) is 14.7 Å². The molecule has 1 N–H and O–H groups in total. The molecule has 31 heavy (non-hydrogen) atoms. The normalized spacial score (nSPS) is 18.1. The number of hydrogen-bond donors (Lipinski definition) is 1. The van der Waals surface area contributed by atoms with Gasteiger partial charge >= 0.3 is 0 Å². The molecule has 0 aliphatic carbocycles. The average molecular weight is 508 g/mol. The first-order valence-corrected chi connectivity index (χ1v) is 10.9. The van der Waals surface area contributed by atoms with Gasteiger partial charge in [0.15, 0.2) is 0 Å². The number of aliphatic hydroxyl groups excluding tert-OH is 1. The maximum absolute atomic E-state index is 13.0. The highest BCUT2D eigenvalue weighted by molar-refractivity contribution is 9.10. The molecule has 0 saturated carbocycles. The zero-order valence-corrected chi connectivity index (χ0v) is 19.9. The van der Waals surface area contributed by atoms with Crippen LogP contribution < -0.4 is 4.74 Å². The fourth-order valence-electron chi connectivity index (χ4n) is 3.63. The molecule has 1 saturated heterocycles. The lowest BCUT2D eigenvalue weighted by molar-refractivity contribution is -0.139. The highest BCUT2D eigenvalue weighted by Crippen LogP contribution is 2.40. The average Bonchev–Trinajstić information content (AvgIpc) is 2.98. The number of amides is 1. The first-order chi connectivity index (χ1) is 14.7. The van der Waals surface area contributed by atoms with E-state index in [2.05, 4.69) is 15.9 Å². The summed E-state index contributed by atoms with van der Waals surface area (Å²) in [7, 11) is 5.40. The van der Waals surface area contributed by atoms with Crippen molar-refractivity contribution in [3.63, 3.8) is 0 Å². The van der Waals surface area contributed by atoms with Crippen LogP contribution in [-0.4, -0.2) is 60.9 Å². The van der Waals surface area contributed by atoms with E-state index >= 15 is 0 Å². The van der Waals surface area contributed by atoms with Gasteiger partial charge in [-0.1, -0.05) is 39.7 Å². The van der Waals surface area contributed by atoms with Crippen molar-refractivity contribution in [3.8, 4) is 5.75 Å². The third-order valence-corrected chi connectivity index (χ3v) is 5.98. The molecule has 1 atom stereocenters. The van der Waals surface area contributed by atoms with Gasteiger partial charge in [-0.25, -0.2) is 0 Å². The number of rotatable bonds is 7. The summed E-state index contributed by atoms with van der Waals surface area (Å²) < 4.78 is 6.04. The number of likely N-dealkylation sites (tertiary alicyclic amines) is 1. The number of hydrogen-bond acceptors (Lipinski definition) is 5. The zero-order chi connectivity index (χ0) is 22.7. The molecule has 0 radical (unpaired) electrons. The summed E-state index contributed by atoms with van der Waals surface area (Å²) in [6.45, 7) is 1.16. The van der Waals surface area contributed by atoms with Gasteiger partial charge < -0.3 is 19.6 Å². The number of carbonyl (C=O) groups is 2. The summed E-state index contributed by atoms with van der Waals surface area (Å²) >= 11 is 9.62. The van der Waals surface area contributed by atoms with Gasteiger partial charge in [0.2, 0.25) is 0 Å². The van der Waals surface area contributed by atoms with Crippen LogP contribution in [0.3, 0.4) is 0 Å². The number of ketones is 1. The minimum atomic E-state index is -0.706. The Morgan fingerprint density at radius 3 is 2.45 bits per heavy atom. The molecule has 3 rings (SSSR count). The second-order valence-corrected chi connectivity index (χ2v) is 8.87. The molecule has 1 aliphatic rings. The van der Waals surface area contributed by atoms with Crippen LogP contribution in [0.2, 0.25) is 5.02 Å². The first kappa shape index (κ1) is 23.3. The van der Waals surface area contributed by atoms with Crippen molar-refractivity contribution in [1.82, 2.24) is 9.80 Å². The predicted molar refractivity (Wildman–Crippen MR) is 124 cm³/mol. The first-order valence-electron chi connectivity index (χ1n) is 9.77. The fraction of sp³-hybridized carbons (Fsp3) is 0.304. The van der Waals surface area contributed by atoms with E-state index in [1.807, 2.05) is 43.3 Å². The van der Waals surface area contributed by atoms with E-state index in [4.69, 9.17) is 16.3 Å². The molecule has 164 valence electrons. The molecule has 0 aromatic heterocycles. The lowest BCUT2D eigenvalue weighted by Gasteiger charge is -2.26. The minimum absolute atomic E-state index is 0.0541. The quantitative estimate of drug-likeness (QED) is 0.340. The highest BCUT2D eigenvalue weighted by atomic mass is 79.9. The van der Waals surface area contributed by atoms with E-state index in [0.717, 1.165) is 16.6 Å². The molecule has 1 amide bonds. The second kappa shape index (κ2) is 9.85. The third-order valence-electron chi connectivity index (χ3n) is 5.16. The Morgan fingerprint density at radius 1 is 1.19 bits per heavy atom. The zero-order valence-electron chi connectivity index (χ0n) is 17.6. The predicted octanol–water partition coefficient (Wildman–Crippen LogP) is 4.48. The molecular formula is C23H24BrClN2O4. The van der Waals surface area contributed by atoms with Crippen molar-refractivity contribution in [2.45, 2.75) is 12.5 Å². The summed E-state index contributed by atoms with van der Waals surface area (Å²) in [6.07, 6.45) is 0.696. The van der Waals surface area contributed by atoms with E-state index in [1.54, 1.807) is 12.1 Å². The van der Waals surface area contributed by atoms with Crippen LogP contribution in [0.25, 0.3) is 5.76 Å². The number of halogens is 2. The number of benzene rings is 2. The van der Waals surface area contributed by atoms with E-state index < -0.39 is 17.7 Å². The summed E-state index contributed by atoms with van der Waals surface area (Å²) in [5.41, 5.74) is 1.14. The Morgan fingerprint density at radius 2 is 1.87 bits per heavy atom. The number of ether oxygens (including phenoxy) is 1. The summed E-state index contributed by atoms with van der Waals surface area (Å²) in [4.78, 5) is 29.5. The van der Waals surface area contributed by atoms with Crippen molar-refractivity contribution in [1.29, 1.82) is 0 Å². The maximum Gasteiger partial charge on any atom is 0.295 e. The molecule has 1 aliphatic heterocycles. The number of nitrogens with zero attached hydrogens (tertiary/aromatic N) is 2. The van der Waals surface area contributed by atoms with Crippen LogP contribution in [-0.2, 0) is 9.59 Å². The number of carbonyl (C=O) groups excluding carboxylic acids is 2. The van der Waals surface area contributed by atoms with E-state index in [1.165, 1.54) is 18.1 Å². The van der Waals surface area contributed by atoms with Gasteiger partial charge in [-0.3, -0.25) is 9.59 Å². The largest absolute Gasteiger partial charge is 0.507 e. The molecule has 1 unspecified atom stereocenters. The summed E-state index contributed by atoms with van der Waals surface area (Å²) in [5, 5.41) is 11.4. The number of aliphatic hydroxyl groups is 1. The van der Waals surface area contributed by atoms with Gasteiger partial charge in [0.1, 0.15) is 11.5 Å². The van der Waals surface area contributed by atoms with Gasteiger partial charge in [-0.15, -0.1) is 0 Å². The monoisotopic (exact) mass is 506 g/mol. The standard InChI is InChI=1S/C23H24BrClN2O4/c1-26(2)11-4-12-27-20(14-5-8-16(24)9-6-14)19(22(29)23(27)30)21(28)15-7-10-18(31-3)17(25)13-15/h5-10,13,20,28H,4,11-12H2,1-3H3/b21-19+. The van der Waals surface area contributed by atoms with Crippen molar-refractivity contribution >= 4 is 45.0 Å². The molecule has 2 aromatic rings. The smallest absolute Gasteiger partial charge is 0.295 e. The molecule has 0 spiro atoms. The summed E-state index contributed by atoms with van der Waals surface area (Å²) in [5.74, 6) is -1.13. The number of methoxy groups -OCH3 is 1. The van der Waals surface area contributed by atoms with Crippen LogP contribution in [0.1, 0.15) is 23.6 Å².